The van der Waals surface area contributed by atoms with Gasteiger partial charge in [-0.1, -0.05) is 0 Å². The van der Waals surface area contributed by atoms with E-state index in [0.717, 1.165) is 40.8 Å². The lowest BCUT2D eigenvalue weighted by Crippen LogP contribution is -2.38. The quantitative estimate of drug-likeness (QED) is 0.448. The van der Waals surface area contributed by atoms with Gasteiger partial charge in [0.1, 0.15) is 45.3 Å². The van der Waals surface area contributed by atoms with Crippen molar-refractivity contribution in [1.29, 1.82) is 0 Å². The Bertz CT molecular complexity index is 1450. The summed E-state index contributed by atoms with van der Waals surface area (Å²) in [4.78, 5) is 39.0. The Hall–Kier alpha value is -4.27. The minimum Gasteiger partial charge on any atom is -0.507 e. The van der Waals surface area contributed by atoms with Crippen LogP contribution in [0.4, 0.5) is 0 Å². The predicted octanol–water partition coefficient (Wildman–Crippen LogP) is 3.79. The third-order valence-corrected chi connectivity index (χ3v) is 7.60. The summed E-state index contributed by atoms with van der Waals surface area (Å²) in [7, 11) is 1.33. The number of fused-ring (bicyclic) bond motifs is 3. The molecule has 4 N–H and O–H groups in total. The molecule has 0 aromatic heterocycles. The van der Waals surface area contributed by atoms with Crippen molar-refractivity contribution in [3.8, 4) is 23.0 Å². The largest absolute Gasteiger partial charge is 0.507 e. The molecule has 0 spiro atoms. The highest BCUT2D eigenvalue weighted by Crippen LogP contribution is 2.56. The molecule has 194 valence electrons. The molecular formula is C28H29NO8. The second-order valence-corrected chi connectivity index (χ2v) is 9.57. The number of Topliss-reactive ketones (excluding diaryl/α,β-unsaturated/α-hetero) is 2. The Morgan fingerprint density at radius 2 is 1.65 bits per heavy atom. The molecule has 9 heteroatoms. The van der Waals surface area contributed by atoms with Crippen LogP contribution in [-0.4, -0.2) is 39.9 Å². The second-order valence-electron chi connectivity index (χ2n) is 9.57. The van der Waals surface area contributed by atoms with Crippen LogP contribution in [0.3, 0.4) is 0 Å². The first-order valence-corrected chi connectivity index (χ1v) is 11.7. The molecule has 0 unspecified atom stereocenters. The standard InChI is InChI=1S/C28H29NO8/c1-11-13(3)24(33)14(4)12(2)16(11)10-29-27(35)22-19(36-7)8-18(32)23-25(22)37-20-9-17(31)21(15(5)30)26(34)28(20,23)6/h8-9,31-33H,10H2,1-7H3,(H,29,35)/t28-/m1/s1. The van der Waals surface area contributed by atoms with Gasteiger partial charge in [0, 0.05) is 18.7 Å². The smallest absolute Gasteiger partial charge is 0.259 e. The zero-order valence-corrected chi connectivity index (χ0v) is 21.7. The van der Waals surface area contributed by atoms with E-state index in [1.54, 1.807) is 13.8 Å². The van der Waals surface area contributed by atoms with Crippen LogP contribution in [0.5, 0.6) is 23.0 Å². The Balaban J connectivity index is 1.81. The van der Waals surface area contributed by atoms with Gasteiger partial charge in [0.05, 0.1) is 12.7 Å². The average Bonchev–Trinajstić information content (AvgIpc) is 3.14. The number of rotatable bonds is 5. The normalized spacial score (nSPS) is 18.1. The summed E-state index contributed by atoms with van der Waals surface area (Å²) in [5.74, 6) is -2.76. The minimum absolute atomic E-state index is 0.00429. The number of amides is 1. The molecule has 1 heterocycles. The van der Waals surface area contributed by atoms with Gasteiger partial charge in [-0.15, -0.1) is 0 Å². The van der Waals surface area contributed by atoms with Gasteiger partial charge in [0.15, 0.2) is 17.3 Å². The van der Waals surface area contributed by atoms with Gasteiger partial charge in [0.2, 0.25) is 0 Å². The van der Waals surface area contributed by atoms with Gasteiger partial charge in [-0.25, -0.2) is 0 Å². The van der Waals surface area contributed by atoms with Gasteiger partial charge >= 0.3 is 0 Å². The van der Waals surface area contributed by atoms with Gasteiger partial charge in [-0.05, 0) is 69.4 Å². The number of allylic oxidation sites excluding steroid dienone is 3. The molecule has 1 aliphatic carbocycles. The van der Waals surface area contributed by atoms with E-state index in [-0.39, 0.29) is 46.4 Å². The van der Waals surface area contributed by atoms with Crippen LogP contribution >= 0.6 is 0 Å². The minimum atomic E-state index is -1.63. The van der Waals surface area contributed by atoms with Crippen LogP contribution < -0.4 is 14.8 Å². The maximum Gasteiger partial charge on any atom is 0.259 e. The highest BCUT2D eigenvalue weighted by Gasteiger charge is 2.55. The van der Waals surface area contributed by atoms with Crippen molar-refractivity contribution in [2.24, 2.45) is 0 Å². The van der Waals surface area contributed by atoms with Crippen molar-refractivity contribution in [3.05, 3.63) is 68.2 Å². The molecule has 2 aromatic rings. The lowest BCUT2D eigenvalue weighted by Gasteiger charge is -2.27. The topological polar surface area (TPSA) is 142 Å². The SMILES string of the molecule is COc1cc(O)c2c(c1C(=O)NCc1c(C)c(C)c(O)c(C)c1C)OC1=CC(O)=C(C(C)=O)C(=O)[C@]12C. The van der Waals surface area contributed by atoms with Crippen LogP contribution in [-0.2, 0) is 21.5 Å². The Morgan fingerprint density at radius 3 is 2.19 bits per heavy atom. The first-order chi connectivity index (χ1) is 17.3. The van der Waals surface area contributed by atoms with Crippen LogP contribution in [0, 0.1) is 27.7 Å². The van der Waals surface area contributed by atoms with E-state index in [2.05, 4.69) is 5.32 Å². The number of carbonyl (C=O) groups is 3. The number of nitrogens with one attached hydrogen (secondary N) is 1. The third-order valence-electron chi connectivity index (χ3n) is 7.60. The van der Waals surface area contributed by atoms with E-state index in [1.807, 2.05) is 13.8 Å². The fourth-order valence-corrected chi connectivity index (χ4v) is 5.11. The number of phenolic OH excluding ortho intramolecular Hbond substituents is 2. The molecule has 2 aliphatic rings. The molecule has 0 fully saturated rings. The Labute approximate surface area is 214 Å². The van der Waals surface area contributed by atoms with Gasteiger partial charge in [0.25, 0.3) is 5.91 Å². The number of benzene rings is 2. The van der Waals surface area contributed by atoms with Crippen molar-refractivity contribution in [3.63, 3.8) is 0 Å². The zero-order valence-electron chi connectivity index (χ0n) is 21.7. The predicted molar refractivity (Wildman–Crippen MR) is 134 cm³/mol. The van der Waals surface area contributed by atoms with E-state index in [0.29, 0.717) is 0 Å². The third kappa shape index (κ3) is 3.56. The molecule has 0 bridgehead atoms. The van der Waals surface area contributed by atoms with Gasteiger partial charge in [-0.3, -0.25) is 14.4 Å². The van der Waals surface area contributed by atoms with E-state index >= 15 is 0 Å². The van der Waals surface area contributed by atoms with E-state index in [1.165, 1.54) is 20.1 Å². The van der Waals surface area contributed by atoms with Crippen molar-refractivity contribution in [2.45, 2.75) is 53.5 Å². The highest BCUT2D eigenvalue weighted by molar-refractivity contribution is 6.25. The number of phenols is 2. The summed E-state index contributed by atoms with van der Waals surface area (Å²) in [6.07, 6.45) is 1.15. The molecule has 2 aromatic carbocycles. The summed E-state index contributed by atoms with van der Waals surface area (Å²) in [6.45, 7) is 10.1. The molecule has 4 rings (SSSR count). The molecule has 0 saturated carbocycles. The van der Waals surface area contributed by atoms with Crippen molar-refractivity contribution in [2.75, 3.05) is 7.11 Å². The van der Waals surface area contributed by atoms with Crippen LogP contribution in [0.15, 0.2) is 29.2 Å². The number of ether oxygens (including phenoxy) is 2. The zero-order chi connectivity index (χ0) is 27.6. The molecule has 0 radical (unpaired) electrons. The monoisotopic (exact) mass is 507 g/mol. The number of aromatic hydroxyl groups is 2. The molecule has 1 atom stereocenters. The summed E-state index contributed by atoms with van der Waals surface area (Å²) in [6, 6.07) is 1.22. The number of hydrogen-bond acceptors (Lipinski definition) is 8. The van der Waals surface area contributed by atoms with Crippen LogP contribution in [0.1, 0.15) is 57.6 Å². The first kappa shape index (κ1) is 25.8. The average molecular weight is 508 g/mol. The van der Waals surface area contributed by atoms with Crippen LogP contribution in [0.25, 0.3) is 0 Å². The van der Waals surface area contributed by atoms with E-state index in [9.17, 15) is 29.7 Å². The number of ketones is 2. The van der Waals surface area contributed by atoms with E-state index < -0.39 is 34.2 Å². The van der Waals surface area contributed by atoms with Crippen LogP contribution in [0.2, 0.25) is 0 Å². The molecular weight excluding hydrogens is 478 g/mol. The summed E-state index contributed by atoms with van der Waals surface area (Å²) in [5, 5.41) is 34.4. The molecule has 1 aliphatic heterocycles. The maximum absolute atomic E-state index is 13.5. The first-order valence-electron chi connectivity index (χ1n) is 11.7. The summed E-state index contributed by atoms with van der Waals surface area (Å²) >= 11 is 0. The number of aliphatic hydroxyl groups excluding tert-OH is 1. The lowest BCUT2D eigenvalue weighted by atomic mass is 9.71. The summed E-state index contributed by atoms with van der Waals surface area (Å²) in [5.41, 5.74) is 1.87. The van der Waals surface area contributed by atoms with Crippen molar-refractivity contribution in [1.82, 2.24) is 5.32 Å². The molecule has 0 saturated heterocycles. The fraction of sp³-hybridized carbons (Fsp3) is 0.321. The van der Waals surface area contributed by atoms with Crippen molar-refractivity contribution < 1.29 is 39.2 Å². The lowest BCUT2D eigenvalue weighted by molar-refractivity contribution is -0.123. The Kier molecular flexibility index (Phi) is 6.06. The molecule has 1 amide bonds. The van der Waals surface area contributed by atoms with Gasteiger partial charge in [-0.2, -0.15) is 0 Å². The number of aliphatic hydroxyl groups is 1. The maximum atomic E-state index is 13.5. The fourth-order valence-electron chi connectivity index (χ4n) is 5.11. The highest BCUT2D eigenvalue weighted by atomic mass is 16.5. The van der Waals surface area contributed by atoms with Crippen molar-refractivity contribution >= 4 is 17.5 Å². The number of methoxy groups -OCH3 is 1. The number of carbonyl (C=O) groups excluding carboxylic acids is 3. The molecule has 9 nitrogen and oxygen atoms in total. The second kappa shape index (κ2) is 8.69. The summed E-state index contributed by atoms with van der Waals surface area (Å²) < 4.78 is 11.3. The molecule has 37 heavy (non-hydrogen) atoms. The van der Waals surface area contributed by atoms with Gasteiger partial charge < -0.3 is 30.1 Å². The Morgan fingerprint density at radius 1 is 1.05 bits per heavy atom. The number of hydrogen-bond donors (Lipinski definition) is 4. The van der Waals surface area contributed by atoms with E-state index in [4.69, 9.17) is 9.47 Å².